The molecule has 1 aliphatic heterocycles. The van der Waals surface area contributed by atoms with Gasteiger partial charge in [0.15, 0.2) is 5.58 Å². The number of hydrogen-bond acceptors (Lipinski definition) is 6. The van der Waals surface area contributed by atoms with Crippen LogP contribution in [0.5, 0.6) is 0 Å². The molecule has 34 heavy (non-hydrogen) atoms. The summed E-state index contributed by atoms with van der Waals surface area (Å²) < 4.78 is 45.3. The van der Waals surface area contributed by atoms with Crippen molar-refractivity contribution in [1.29, 1.82) is 0 Å². The van der Waals surface area contributed by atoms with E-state index in [2.05, 4.69) is 0 Å². The number of rotatable bonds is 6. The number of amides is 1. The highest BCUT2D eigenvalue weighted by Gasteiger charge is 2.31. The Kier molecular flexibility index (Phi) is 6.31. The SMILES string of the molecule is O=C(CCCn1c(=O)oc2cc([N+](=O)[O-])ccc21)N1CCN(c2cccc(C(F)(F)F)c2)CC1. The third-order valence-corrected chi connectivity index (χ3v) is 5.81. The van der Waals surface area contributed by atoms with Crippen molar-refractivity contribution in [3.05, 3.63) is 68.7 Å². The molecule has 1 amide bonds. The molecule has 1 fully saturated rings. The van der Waals surface area contributed by atoms with Gasteiger partial charge >= 0.3 is 11.9 Å². The van der Waals surface area contributed by atoms with E-state index in [1.54, 1.807) is 11.0 Å². The van der Waals surface area contributed by atoms with Crippen LogP contribution in [0.4, 0.5) is 24.5 Å². The zero-order chi connectivity index (χ0) is 24.5. The highest BCUT2D eigenvalue weighted by molar-refractivity contribution is 5.77. The van der Waals surface area contributed by atoms with Gasteiger partial charge in [0, 0.05) is 50.9 Å². The van der Waals surface area contributed by atoms with Crippen LogP contribution in [0.2, 0.25) is 0 Å². The number of anilines is 1. The minimum absolute atomic E-state index is 0.108. The quantitative estimate of drug-likeness (QED) is 0.396. The molecule has 9 nitrogen and oxygen atoms in total. The number of non-ortho nitro benzene ring substituents is 1. The summed E-state index contributed by atoms with van der Waals surface area (Å²) in [4.78, 5) is 38.5. The number of carbonyl (C=O) groups is 1. The second kappa shape index (κ2) is 9.20. The third-order valence-electron chi connectivity index (χ3n) is 5.81. The average Bonchev–Trinajstić information content (AvgIpc) is 3.13. The van der Waals surface area contributed by atoms with E-state index < -0.39 is 22.4 Å². The van der Waals surface area contributed by atoms with E-state index in [4.69, 9.17) is 4.42 Å². The zero-order valence-electron chi connectivity index (χ0n) is 18.0. The molecule has 180 valence electrons. The Balaban J connectivity index is 1.31. The maximum Gasteiger partial charge on any atom is 0.419 e. The fourth-order valence-corrected chi connectivity index (χ4v) is 4.02. The fraction of sp³-hybridized carbons (Fsp3) is 0.364. The molecule has 3 aromatic rings. The summed E-state index contributed by atoms with van der Waals surface area (Å²) in [7, 11) is 0. The van der Waals surface area contributed by atoms with E-state index in [0.717, 1.165) is 12.1 Å². The van der Waals surface area contributed by atoms with Crippen molar-refractivity contribution >= 4 is 28.4 Å². The Bertz CT molecular complexity index is 1280. The summed E-state index contributed by atoms with van der Waals surface area (Å²) >= 11 is 0. The number of alkyl halides is 3. The van der Waals surface area contributed by atoms with Gasteiger partial charge in [-0.3, -0.25) is 19.5 Å². The molecule has 2 heterocycles. The molecule has 1 saturated heterocycles. The first-order chi connectivity index (χ1) is 16.1. The second-order valence-corrected chi connectivity index (χ2v) is 7.95. The van der Waals surface area contributed by atoms with Crippen molar-refractivity contribution in [3.63, 3.8) is 0 Å². The Morgan fingerprint density at radius 2 is 1.82 bits per heavy atom. The number of halogens is 3. The fourth-order valence-electron chi connectivity index (χ4n) is 4.02. The second-order valence-electron chi connectivity index (χ2n) is 7.95. The standard InChI is InChI=1S/C22H21F3N4O5/c23-22(24,25)15-3-1-4-16(13-15)26-9-11-27(12-10-26)20(30)5-2-8-28-18-7-6-17(29(32)33)14-19(18)34-21(28)31/h1,3-4,6-7,13-14H,2,5,8-12H2. The molecule has 1 aliphatic rings. The van der Waals surface area contributed by atoms with Crippen LogP contribution in [-0.4, -0.2) is 46.5 Å². The minimum atomic E-state index is -4.41. The molecule has 1 aromatic heterocycles. The summed E-state index contributed by atoms with van der Waals surface area (Å²) in [6, 6.07) is 9.03. The first kappa shape index (κ1) is 23.3. The Labute approximate surface area is 191 Å². The van der Waals surface area contributed by atoms with Gasteiger partial charge in [0.05, 0.1) is 22.1 Å². The molecule has 0 unspecified atom stereocenters. The third kappa shape index (κ3) is 4.90. The maximum atomic E-state index is 13.0. The number of fused-ring (bicyclic) bond motifs is 1. The summed E-state index contributed by atoms with van der Waals surface area (Å²) in [5.74, 6) is -0.766. The first-order valence-electron chi connectivity index (χ1n) is 10.6. The van der Waals surface area contributed by atoms with E-state index in [1.165, 1.54) is 28.8 Å². The van der Waals surface area contributed by atoms with Crippen molar-refractivity contribution in [2.45, 2.75) is 25.6 Å². The van der Waals surface area contributed by atoms with E-state index in [1.807, 2.05) is 4.90 Å². The molecule has 0 N–H and O–H groups in total. The van der Waals surface area contributed by atoms with Crippen molar-refractivity contribution in [1.82, 2.24) is 9.47 Å². The molecule has 4 rings (SSSR count). The number of nitro groups is 1. The summed E-state index contributed by atoms with van der Waals surface area (Å²) in [6.45, 7) is 1.80. The molecule has 0 bridgehead atoms. The van der Waals surface area contributed by atoms with Crippen LogP contribution in [0.3, 0.4) is 0 Å². The normalized spacial score (nSPS) is 14.6. The lowest BCUT2D eigenvalue weighted by Crippen LogP contribution is -2.48. The minimum Gasteiger partial charge on any atom is -0.407 e. The van der Waals surface area contributed by atoms with Crippen LogP contribution in [0.25, 0.3) is 11.1 Å². The molecule has 0 atom stereocenters. The number of nitrogens with zero attached hydrogens (tertiary/aromatic N) is 4. The van der Waals surface area contributed by atoms with Gasteiger partial charge in [-0.1, -0.05) is 6.07 Å². The summed E-state index contributed by atoms with van der Waals surface area (Å²) in [6.07, 6.45) is -3.88. The predicted octanol–water partition coefficient (Wildman–Crippen LogP) is 3.65. The lowest BCUT2D eigenvalue weighted by Gasteiger charge is -2.36. The van der Waals surface area contributed by atoms with Gasteiger partial charge in [0.25, 0.3) is 5.69 Å². The summed E-state index contributed by atoms with van der Waals surface area (Å²) in [5.41, 5.74) is 0.0929. The summed E-state index contributed by atoms with van der Waals surface area (Å²) in [5, 5.41) is 10.9. The number of hydrogen-bond donors (Lipinski definition) is 0. The van der Waals surface area contributed by atoms with E-state index in [-0.39, 0.29) is 30.1 Å². The predicted molar refractivity (Wildman–Crippen MR) is 117 cm³/mol. The number of nitro benzene ring substituents is 1. The van der Waals surface area contributed by atoms with Crippen LogP contribution in [-0.2, 0) is 17.5 Å². The van der Waals surface area contributed by atoms with Gasteiger partial charge in [0.1, 0.15) is 0 Å². The molecule has 0 aliphatic carbocycles. The van der Waals surface area contributed by atoms with E-state index in [9.17, 15) is 32.9 Å². The first-order valence-corrected chi connectivity index (χ1v) is 10.6. The van der Waals surface area contributed by atoms with Crippen molar-refractivity contribution in [3.8, 4) is 0 Å². The Morgan fingerprint density at radius 3 is 2.50 bits per heavy atom. The lowest BCUT2D eigenvalue weighted by atomic mass is 10.1. The van der Waals surface area contributed by atoms with Crippen LogP contribution in [0.15, 0.2) is 51.7 Å². The van der Waals surface area contributed by atoms with Crippen LogP contribution < -0.4 is 10.7 Å². The van der Waals surface area contributed by atoms with E-state index >= 15 is 0 Å². The molecule has 12 heteroatoms. The number of aromatic nitrogens is 1. The largest absolute Gasteiger partial charge is 0.419 e. The Morgan fingerprint density at radius 1 is 1.09 bits per heavy atom. The zero-order valence-corrected chi connectivity index (χ0v) is 18.0. The number of piperazine rings is 1. The van der Waals surface area contributed by atoms with Gasteiger partial charge in [-0.2, -0.15) is 13.2 Å². The van der Waals surface area contributed by atoms with Crippen LogP contribution in [0.1, 0.15) is 18.4 Å². The number of benzene rings is 2. The molecular formula is C22H21F3N4O5. The Hall–Kier alpha value is -3.83. The highest BCUT2D eigenvalue weighted by atomic mass is 19.4. The van der Waals surface area contributed by atoms with E-state index in [0.29, 0.717) is 43.8 Å². The average molecular weight is 478 g/mol. The number of oxazole rings is 1. The number of aryl methyl sites for hydroxylation is 1. The van der Waals surface area contributed by atoms with Crippen molar-refractivity contribution in [2.24, 2.45) is 0 Å². The highest BCUT2D eigenvalue weighted by Crippen LogP contribution is 2.32. The molecule has 2 aromatic carbocycles. The van der Waals surface area contributed by atoms with Gasteiger partial charge in [0.2, 0.25) is 5.91 Å². The van der Waals surface area contributed by atoms with Crippen molar-refractivity contribution < 1.29 is 27.3 Å². The monoisotopic (exact) mass is 478 g/mol. The lowest BCUT2D eigenvalue weighted by molar-refractivity contribution is -0.384. The molecule has 0 saturated carbocycles. The molecule has 0 spiro atoms. The van der Waals surface area contributed by atoms with Crippen molar-refractivity contribution in [2.75, 3.05) is 31.1 Å². The van der Waals surface area contributed by atoms with Gasteiger partial charge in [-0.05, 0) is 30.7 Å². The van der Waals surface area contributed by atoms with Gasteiger partial charge in [-0.25, -0.2) is 4.79 Å². The smallest absolute Gasteiger partial charge is 0.407 e. The molecule has 0 radical (unpaired) electrons. The number of carbonyl (C=O) groups excluding carboxylic acids is 1. The van der Waals surface area contributed by atoms with Gasteiger partial charge < -0.3 is 14.2 Å². The van der Waals surface area contributed by atoms with Crippen LogP contribution in [0, 0.1) is 10.1 Å². The topological polar surface area (TPSA) is 102 Å². The maximum absolute atomic E-state index is 13.0. The molecular weight excluding hydrogens is 457 g/mol. The van der Waals surface area contributed by atoms with Crippen LogP contribution >= 0.6 is 0 Å². The van der Waals surface area contributed by atoms with Gasteiger partial charge in [-0.15, -0.1) is 0 Å².